The van der Waals surface area contributed by atoms with Gasteiger partial charge < -0.3 is 0 Å². The summed E-state index contributed by atoms with van der Waals surface area (Å²) in [5, 5.41) is 14.4. The molecule has 0 spiro atoms. The van der Waals surface area contributed by atoms with Gasteiger partial charge in [0.25, 0.3) is 0 Å². The lowest BCUT2D eigenvalue weighted by Crippen LogP contribution is -2.08. The van der Waals surface area contributed by atoms with E-state index in [2.05, 4.69) is 13.8 Å². The molecule has 1 atom stereocenters. The summed E-state index contributed by atoms with van der Waals surface area (Å²) in [6, 6.07) is 2.47. The van der Waals surface area contributed by atoms with Crippen molar-refractivity contribution in [3.63, 3.8) is 0 Å². The third-order valence-corrected chi connectivity index (χ3v) is 2.74. The van der Waals surface area contributed by atoms with Crippen LogP contribution >= 0.6 is 11.6 Å². The number of hydrogen-bond acceptors (Lipinski definition) is 3. The minimum absolute atomic E-state index is 0.119. The Morgan fingerprint density at radius 2 is 1.53 bits per heavy atom. The van der Waals surface area contributed by atoms with E-state index in [4.69, 9.17) is 22.1 Å². The van der Waals surface area contributed by atoms with Gasteiger partial charge in [-0.2, -0.15) is 10.5 Å². The van der Waals surface area contributed by atoms with Gasteiger partial charge in [0.1, 0.15) is 0 Å². The fourth-order valence-electron chi connectivity index (χ4n) is 1.46. The third kappa shape index (κ3) is 14.9. The highest BCUT2D eigenvalue weighted by Crippen LogP contribution is 2.19. The first-order valence-corrected chi connectivity index (χ1v) is 6.49. The molecule has 0 heterocycles. The summed E-state index contributed by atoms with van der Waals surface area (Å²) < 4.78 is 0. The normalized spacial score (nSPS) is 10.4. The predicted molar refractivity (Wildman–Crippen MR) is 69.2 cm³/mol. The number of unbranched alkanes of at least 4 members (excludes halogenated alkanes) is 3. The summed E-state index contributed by atoms with van der Waals surface area (Å²) in [4.78, 5) is 11.0. The van der Waals surface area contributed by atoms with Gasteiger partial charge >= 0.3 is 0 Å². The number of nitriles is 2. The van der Waals surface area contributed by atoms with E-state index in [0.717, 1.165) is 32.1 Å². The Balaban J connectivity index is 0. The minimum Gasteiger partial charge on any atom is -0.281 e. The van der Waals surface area contributed by atoms with Gasteiger partial charge in [0.2, 0.25) is 5.24 Å². The van der Waals surface area contributed by atoms with Gasteiger partial charge in [-0.3, -0.25) is 4.79 Å². The molecule has 3 nitrogen and oxygen atoms in total. The highest BCUT2D eigenvalue weighted by Gasteiger charge is 2.14. The van der Waals surface area contributed by atoms with Crippen molar-refractivity contribution in [2.24, 2.45) is 5.92 Å². The number of rotatable bonds is 8. The molecule has 0 aliphatic carbocycles. The van der Waals surface area contributed by atoms with Crippen LogP contribution < -0.4 is 0 Å². The van der Waals surface area contributed by atoms with Crippen LogP contribution in [0.3, 0.4) is 0 Å². The molecule has 0 radical (unpaired) electrons. The van der Waals surface area contributed by atoms with Crippen LogP contribution in [0, 0.1) is 28.6 Å². The number of nitrogens with zero attached hydrogens (tertiary/aromatic N) is 2. The monoisotopic (exact) mass is 256 g/mol. The first-order valence-electron chi connectivity index (χ1n) is 6.11. The summed E-state index contributed by atoms with van der Waals surface area (Å²) in [6.07, 6.45) is 7.79. The van der Waals surface area contributed by atoms with Crippen LogP contribution in [0.15, 0.2) is 0 Å². The zero-order valence-corrected chi connectivity index (χ0v) is 11.5. The second-order valence-electron chi connectivity index (χ2n) is 3.86. The molecule has 0 N–H and O–H groups in total. The molecule has 0 rings (SSSR count). The van der Waals surface area contributed by atoms with Gasteiger partial charge in [-0.1, -0.05) is 46.0 Å². The zero-order valence-electron chi connectivity index (χ0n) is 10.7. The number of carbonyl (C=O) groups is 1. The van der Waals surface area contributed by atoms with Crippen LogP contribution in [0.25, 0.3) is 0 Å². The van der Waals surface area contributed by atoms with Gasteiger partial charge in [-0.15, -0.1) is 0 Å². The number of hydrogen-bond donors (Lipinski definition) is 0. The van der Waals surface area contributed by atoms with Crippen LogP contribution in [0.5, 0.6) is 0 Å². The van der Waals surface area contributed by atoms with E-state index < -0.39 is 0 Å². The molecule has 17 heavy (non-hydrogen) atoms. The van der Waals surface area contributed by atoms with E-state index in [1.54, 1.807) is 0 Å². The maximum Gasteiger partial charge on any atom is 0.224 e. The molecule has 0 aromatic rings. The summed E-state index contributed by atoms with van der Waals surface area (Å²) in [6.45, 7) is 4.31. The Hall–Kier alpha value is -1.06. The van der Waals surface area contributed by atoms with Crippen molar-refractivity contribution >= 4 is 16.8 Å². The fraction of sp³-hybridized carbons (Fsp3) is 0.769. The van der Waals surface area contributed by atoms with E-state index in [1.165, 1.54) is 25.0 Å². The lowest BCUT2D eigenvalue weighted by atomic mass is 9.97. The zero-order chi connectivity index (χ0) is 13.5. The van der Waals surface area contributed by atoms with E-state index in [9.17, 15) is 4.79 Å². The van der Waals surface area contributed by atoms with Crippen LogP contribution in [0.1, 0.15) is 58.8 Å². The highest BCUT2D eigenvalue weighted by atomic mass is 35.5. The second kappa shape index (κ2) is 14.9. The standard InChI is InChI=1S/C11H21ClO.C2N2/c1-3-5-7-9-10(11(12)13)8-6-4-2;3-1-2-4/h10H,3-9H2,1-2H3;. The molecule has 1 unspecified atom stereocenters. The summed E-state index contributed by atoms with van der Waals surface area (Å²) in [7, 11) is 0. The van der Waals surface area contributed by atoms with Crippen LogP contribution in [0.2, 0.25) is 0 Å². The molecule has 0 fully saturated rings. The Bertz CT molecular complexity index is 254. The molecule has 96 valence electrons. The summed E-state index contributed by atoms with van der Waals surface area (Å²) in [5.74, 6) is 0.119. The summed E-state index contributed by atoms with van der Waals surface area (Å²) in [5.41, 5.74) is 0. The lowest BCUT2D eigenvalue weighted by Gasteiger charge is -2.10. The maximum atomic E-state index is 11.0. The fourth-order valence-corrected chi connectivity index (χ4v) is 1.68. The maximum absolute atomic E-state index is 11.0. The van der Waals surface area contributed by atoms with E-state index >= 15 is 0 Å². The van der Waals surface area contributed by atoms with Crippen molar-refractivity contribution in [1.29, 1.82) is 10.5 Å². The van der Waals surface area contributed by atoms with Crippen molar-refractivity contribution in [3.8, 4) is 12.1 Å². The average molecular weight is 257 g/mol. The first-order chi connectivity index (χ1) is 8.13. The van der Waals surface area contributed by atoms with Crippen molar-refractivity contribution in [2.75, 3.05) is 0 Å². The van der Waals surface area contributed by atoms with Crippen molar-refractivity contribution in [3.05, 3.63) is 0 Å². The lowest BCUT2D eigenvalue weighted by molar-refractivity contribution is -0.115. The first kappa shape index (κ1) is 18.3. The predicted octanol–water partition coefficient (Wildman–Crippen LogP) is 4.17. The molecule has 0 aromatic carbocycles. The van der Waals surface area contributed by atoms with E-state index in [1.807, 2.05) is 0 Å². The SMILES string of the molecule is CCCCCC(CCCC)C(=O)Cl.N#CC#N. The molecular formula is C13H21ClN2O. The number of halogens is 1. The van der Waals surface area contributed by atoms with Crippen LogP contribution in [0.4, 0.5) is 0 Å². The van der Waals surface area contributed by atoms with Gasteiger partial charge in [0.05, 0.1) is 0 Å². The van der Waals surface area contributed by atoms with Crippen molar-refractivity contribution in [2.45, 2.75) is 58.8 Å². The van der Waals surface area contributed by atoms with Gasteiger partial charge in [-0.05, 0) is 24.4 Å². The summed E-state index contributed by atoms with van der Waals surface area (Å²) >= 11 is 5.52. The van der Waals surface area contributed by atoms with E-state index in [0.29, 0.717) is 0 Å². The molecule has 0 aromatic heterocycles. The molecule has 0 saturated heterocycles. The molecular weight excluding hydrogens is 236 g/mol. The van der Waals surface area contributed by atoms with Gasteiger partial charge in [-0.25, -0.2) is 0 Å². The Kier molecular flexibility index (Phi) is 16.1. The largest absolute Gasteiger partial charge is 0.281 e. The Morgan fingerprint density at radius 3 is 1.88 bits per heavy atom. The second-order valence-corrected chi connectivity index (χ2v) is 4.24. The molecule has 0 amide bonds. The minimum atomic E-state index is -0.135. The third-order valence-electron chi connectivity index (χ3n) is 2.43. The molecule has 0 aliphatic heterocycles. The average Bonchev–Trinajstić information content (AvgIpc) is 2.33. The van der Waals surface area contributed by atoms with Gasteiger partial charge in [0.15, 0.2) is 12.1 Å². The van der Waals surface area contributed by atoms with Gasteiger partial charge in [0, 0.05) is 5.92 Å². The van der Waals surface area contributed by atoms with Crippen LogP contribution in [-0.4, -0.2) is 5.24 Å². The Morgan fingerprint density at radius 1 is 1.06 bits per heavy atom. The quantitative estimate of drug-likeness (QED) is 0.484. The number of carbonyl (C=O) groups excluding carboxylic acids is 1. The smallest absolute Gasteiger partial charge is 0.224 e. The molecule has 0 saturated carbocycles. The Labute approximate surface area is 109 Å². The van der Waals surface area contributed by atoms with Crippen LogP contribution in [-0.2, 0) is 4.79 Å². The van der Waals surface area contributed by atoms with Crippen molar-refractivity contribution < 1.29 is 4.79 Å². The molecule has 0 bridgehead atoms. The highest BCUT2D eigenvalue weighted by molar-refractivity contribution is 6.63. The van der Waals surface area contributed by atoms with E-state index in [-0.39, 0.29) is 11.2 Å². The molecule has 4 heteroatoms. The molecule has 0 aliphatic rings. The topological polar surface area (TPSA) is 64.7 Å². The van der Waals surface area contributed by atoms with Crippen molar-refractivity contribution in [1.82, 2.24) is 0 Å².